The molecule has 0 radical (unpaired) electrons. The molecular weight excluding hydrogens is 201 g/mol. The van der Waals surface area contributed by atoms with Gasteiger partial charge < -0.3 is 14.7 Å². The van der Waals surface area contributed by atoms with E-state index in [2.05, 4.69) is 5.32 Å². The lowest BCUT2D eigenvalue weighted by Gasteiger charge is -2.06. The summed E-state index contributed by atoms with van der Waals surface area (Å²) in [6.07, 6.45) is 4.02. The first-order chi connectivity index (χ1) is 7.06. The molecule has 1 unspecified atom stereocenters. The van der Waals surface area contributed by atoms with Crippen molar-refractivity contribution in [3.8, 4) is 0 Å². The minimum atomic E-state index is -3.27. The highest BCUT2D eigenvalue weighted by atomic mass is 31.2. The van der Waals surface area contributed by atoms with Gasteiger partial charge in [0, 0.05) is 8.04 Å². The van der Waals surface area contributed by atoms with E-state index in [0.29, 0.717) is 13.5 Å². The zero-order valence-corrected chi connectivity index (χ0v) is 9.76. The molecule has 0 heterocycles. The van der Waals surface area contributed by atoms with Crippen LogP contribution in [0.2, 0.25) is 0 Å². The number of nitrogens with one attached hydrogen (secondary N) is 1. The fraction of sp³-hybridized carbons (Fsp3) is 1.00. The summed E-state index contributed by atoms with van der Waals surface area (Å²) < 4.78 is 22.4. The normalized spacial score (nSPS) is 16.3. The van der Waals surface area contributed by atoms with Crippen LogP contribution in [0.15, 0.2) is 0 Å². The Bertz CT molecular complexity index is 186. The maximum atomic E-state index is 10.7. The number of hydrogen-bond donors (Lipinski definition) is 2. The van der Waals surface area contributed by atoms with Crippen LogP contribution in [0.5, 0.6) is 0 Å². The highest BCUT2D eigenvalue weighted by molar-refractivity contribution is 7.51. The van der Waals surface area contributed by atoms with Crippen molar-refractivity contribution in [2.45, 2.75) is 32.6 Å². The highest BCUT2D eigenvalue weighted by Crippen LogP contribution is 2.36. The lowest BCUT2D eigenvalue weighted by atomic mass is 10.2. The van der Waals surface area contributed by atoms with Crippen molar-refractivity contribution in [1.82, 2.24) is 5.32 Å². The highest BCUT2D eigenvalue weighted by Gasteiger charge is 2.08. The molecule has 0 amide bonds. The maximum absolute atomic E-state index is 10.7. The molecule has 0 aliphatic carbocycles. The van der Waals surface area contributed by atoms with Gasteiger partial charge in [0.15, 0.2) is 0 Å². The number of unbranched alkanes of at least 4 members (excludes halogenated alkanes) is 3. The summed E-state index contributed by atoms with van der Waals surface area (Å²) in [6.45, 7) is 3.71. The topological polar surface area (TPSA) is 58.6 Å². The van der Waals surface area contributed by atoms with Gasteiger partial charge in [-0.05, 0) is 25.9 Å². The van der Waals surface area contributed by atoms with Gasteiger partial charge in [-0.2, -0.15) is 0 Å². The van der Waals surface area contributed by atoms with E-state index >= 15 is 0 Å². The van der Waals surface area contributed by atoms with Crippen LogP contribution in [-0.4, -0.2) is 31.3 Å². The third kappa shape index (κ3) is 12.1. The first-order valence-electron chi connectivity index (χ1n) is 5.72. The Morgan fingerprint density at radius 1 is 1.43 bits per heavy atom. The monoisotopic (exact) mass is 225 g/mol. The fourth-order valence-electron chi connectivity index (χ4n) is 1.06. The largest absolute Gasteiger partial charge is 0.325 e. The Morgan fingerprint density at radius 2 is 2.14 bits per heavy atom. The van der Waals surface area contributed by atoms with Crippen molar-refractivity contribution in [3.05, 3.63) is 0 Å². The molecule has 0 aromatic rings. The molecule has 0 saturated carbocycles. The molecule has 0 fully saturated rings. The summed E-state index contributed by atoms with van der Waals surface area (Å²) in [5.74, 6) is 0. The van der Waals surface area contributed by atoms with Crippen LogP contribution in [0.4, 0.5) is 0 Å². The van der Waals surface area contributed by atoms with E-state index in [9.17, 15) is 4.57 Å². The van der Waals surface area contributed by atoms with Gasteiger partial charge in [-0.3, -0.25) is 4.57 Å². The van der Waals surface area contributed by atoms with Crippen LogP contribution >= 0.6 is 7.60 Å². The molecule has 0 aromatic heterocycles. The first-order valence-corrected chi connectivity index (χ1v) is 7.03. The van der Waals surface area contributed by atoms with E-state index in [4.69, 9.17) is 10.8 Å². The van der Waals surface area contributed by atoms with Crippen molar-refractivity contribution in [2.24, 2.45) is 0 Å². The van der Waals surface area contributed by atoms with Crippen molar-refractivity contribution in [3.63, 3.8) is 0 Å². The quantitative estimate of drug-likeness (QED) is 0.465. The Kier molecular flexibility index (Phi) is 7.33. The summed E-state index contributed by atoms with van der Waals surface area (Å²) >= 11 is 0. The Hall–Kier alpha value is 0.110. The molecule has 5 heteroatoms. The van der Waals surface area contributed by atoms with Gasteiger partial charge in [0.1, 0.15) is 0 Å². The van der Waals surface area contributed by atoms with Crippen LogP contribution in [0, 0.1) is 0 Å². The average Bonchev–Trinajstić information content (AvgIpc) is 2.14. The zero-order chi connectivity index (χ0) is 11.6. The van der Waals surface area contributed by atoms with Gasteiger partial charge in [0.25, 0.3) is 0 Å². The lowest BCUT2D eigenvalue weighted by molar-refractivity contribution is 0.257. The van der Waals surface area contributed by atoms with E-state index in [1.165, 1.54) is 6.66 Å². The van der Waals surface area contributed by atoms with Crippen molar-refractivity contribution in [1.29, 1.82) is 0 Å². The second-order valence-corrected chi connectivity index (χ2v) is 5.16. The SMILES string of the molecule is [3H]CCNCCCCCCOP(C)(=O)O. The predicted octanol–water partition coefficient (Wildman–Crippen LogP) is 1.99. The van der Waals surface area contributed by atoms with E-state index in [1.807, 2.05) is 0 Å². The predicted molar refractivity (Wildman–Crippen MR) is 58.7 cm³/mol. The van der Waals surface area contributed by atoms with Gasteiger partial charge >= 0.3 is 7.60 Å². The van der Waals surface area contributed by atoms with Crippen LogP contribution in [0.1, 0.15) is 34.0 Å². The van der Waals surface area contributed by atoms with Gasteiger partial charge in [-0.1, -0.05) is 19.7 Å². The molecule has 0 saturated heterocycles. The summed E-state index contributed by atoms with van der Waals surface area (Å²) in [5, 5.41) is 3.15. The van der Waals surface area contributed by atoms with Crippen molar-refractivity contribution < 1.29 is 15.4 Å². The second-order valence-electron chi connectivity index (χ2n) is 3.30. The third-order valence-electron chi connectivity index (χ3n) is 1.76. The van der Waals surface area contributed by atoms with Crippen molar-refractivity contribution in [2.75, 3.05) is 26.4 Å². The summed E-state index contributed by atoms with van der Waals surface area (Å²) in [6, 6.07) is 0. The Labute approximate surface area is 88.0 Å². The van der Waals surface area contributed by atoms with E-state index in [1.54, 1.807) is 0 Å². The van der Waals surface area contributed by atoms with Crippen molar-refractivity contribution >= 4 is 7.60 Å². The molecule has 0 spiro atoms. The summed E-state index contributed by atoms with van der Waals surface area (Å²) in [7, 11) is -3.27. The van der Waals surface area contributed by atoms with Gasteiger partial charge in [-0.25, -0.2) is 0 Å². The fourth-order valence-corrected chi connectivity index (χ4v) is 1.53. The van der Waals surface area contributed by atoms with Crippen LogP contribution in [0.25, 0.3) is 0 Å². The van der Waals surface area contributed by atoms with Gasteiger partial charge in [-0.15, -0.1) is 0 Å². The molecule has 4 nitrogen and oxygen atoms in total. The molecule has 2 N–H and O–H groups in total. The third-order valence-corrected chi connectivity index (χ3v) is 2.42. The van der Waals surface area contributed by atoms with Gasteiger partial charge in [0.05, 0.1) is 6.61 Å². The Morgan fingerprint density at radius 3 is 2.79 bits per heavy atom. The van der Waals surface area contributed by atoms with E-state index in [0.717, 1.165) is 38.8 Å². The molecule has 86 valence electrons. The van der Waals surface area contributed by atoms with Gasteiger partial charge in [0.2, 0.25) is 0 Å². The molecule has 14 heavy (non-hydrogen) atoms. The van der Waals surface area contributed by atoms with E-state index < -0.39 is 7.60 Å². The van der Waals surface area contributed by atoms with Crippen LogP contribution in [-0.2, 0) is 9.09 Å². The lowest BCUT2D eigenvalue weighted by Crippen LogP contribution is -2.13. The molecule has 0 rings (SSSR count). The summed E-state index contributed by atoms with van der Waals surface area (Å²) in [4.78, 5) is 8.82. The average molecular weight is 225 g/mol. The van der Waals surface area contributed by atoms with Crippen LogP contribution in [0.3, 0.4) is 0 Å². The zero-order valence-electron chi connectivity index (χ0n) is 9.87. The van der Waals surface area contributed by atoms with Crippen LogP contribution < -0.4 is 5.32 Å². The summed E-state index contributed by atoms with van der Waals surface area (Å²) in [5.41, 5.74) is 0. The Balaban J connectivity index is 3.02. The molecule has 0 bridgehead atoms. The molecular formula is C9H22NO3P. The minimum Gasteiger partial charge on any atom is -0.324 e. The molecule has 0 aliphatic heterocycles. The molecule has 0 aromatic carbocycles. The number of rotatable bonds is 9. The number of hydrogen-bond acceptors (Lipinski definition) is 3. The van der Waals surface area contributed by atoms with E-state index in [-0.39, 0.29) is 0 Å². The maximum Gasteiger partial charge on any atom is 0.325 e. The standard InChI is InChI=1S/C9H22NO3P/c1-3-10-8-6-4-5-7-9-13-14(2,11)12/h10H,3-9H2,1-2H3,(H,11,12)/i1T. The minimum absolute atomic E-state index is 0.366. The first kappa shape index (κ1) is 12.2. The second kappa shape index (κ2) is 8.42. The molecule has 0 aliphatic rings. The smallest absolute Gasteiger partial charge is 0.324 e. The molecule has 1 atom stereocenters.